The molecule has 0 aromatic heterocycles. The summed E-state index contributed by atoms with van der Waals surface area (Å²) < 4.78 is 26.8. The van der Waals surface area contributed by atoms with Crippen LogP contribution in [0, 0.1) is 0 Å². The van der Waals surface area contributed by atoms with Gasteiger partial charge in [0.05, 0.1) is 12.9 Å². The summed E-state index contributed by atoms with van der Waals surface area (Å²) in [5, 5.41) is 0. The molecule has 0 aliphatic heterocycles. The van der Waals surface area contributed by atoms with Gasteiger partial charge in [-0.3, -0.25) is 4.79 Å². The average molecular weight is 268 g/mol. The van der Waals surface area contributed by atoms with Gasteiger partial charge in [-0.25, -0.2) is 8.42 Å². The zero-order valence-corrected chi connectivity index (χ0v) is 11.5. The zero-order valence-electron chi connectivity index (χ0n) is 9.90. The van der Waals surface area contributed by atoms with Crippen molar-refractivity contribution in [2.24, 2.45) is 0 Å². The summed E-state index contributed by atoms with van der Waals surface area (Å²) in [5.41, 5.74) is 0. The fourth-order valence-electron chi connectivity index (χ4n) is 1.26. The second kappa shape index (κ2) is 8.87. The van der Waals surface area contributed by atoms with Crippen LogP contribution in [-0.2, 0) is 18.4 Å². The van der Waals surface area contributed by atoms with Gasteiger partial charge in [0.1, 0.15) is 0 Å². The maximum absolute atomic E-state index is 11.1. The molecule has 0 saturated carbocycles. The molecular weight excluding hydrogens is 248 g/mol. The highest BCUT2D eigenvalue weighted by Crippen LogP contribution is 2.12. The molecule has 0 aliphatic carbocycles. The van der Waals surface area contributed by atoms with Crippen LogP contribution >= 0.6 is 10.8 Å². The summed E-state index contributed by atoms with van der Waals surface area (Å²) in [6.07, 6.45) is 6.41. The van der Waals surface area contributed by atoms with Crippen LogP contribution in [0.2, 0.25) is 0 Å². The predicted molar refractivity (Wildman–Crippen MR) is 67.0 cm³/mol. The first kappa shape index (κ1) is 15.8. The Morgan fingerprint density at radius 2 is 1.69 bits per heavy atom. The molecule has 0 aromatic rings. The summed E-state index contributed by atoms with van der Waals surface area (Å²) in [5.74, 6) is 0.0792. The Kier molecular flexibility index (Phi) is 8.74. The Morgan fingerprint density at radius 1 is 1.12 bits per heavy atom. The lowest BCUT2D eigenvalue weighted by Gasteiger charge is -2.01. The first-order valence-corrected chi connectivity index (χ1v) is 8.76. The molecule has 0 rings (SSSR count). The van der Waals surface area contributed by atoms with Crippen LogP contribution in [0.15, 0.2) is 0 Å². The molecule has 0 atom stereocenters. The molecule has 4 nitrogen and oxygen atoms in total. The Hall–Kier alpha value is -0.230. The number of hydrogen-bond acceptors (Lipinski definition) is 5. The van der Waals surface area contributed by atoms with Crippen LogP contribution in [0.5, 0.6) is 0 Å². The van der Waals surface area contributed by atoms with Crippen LogP contribution in [0.25, 0.3) is 0 Å². The van der Waals surface area contributed by atoms with Crippen molar-refractivity contribution >= 4 is 25.6 Å². The SMILES string of the molecule is COC(=O)CCCCCCCS(=O)(=O)SC. The fourth-order valence-corrected chi connectivity index (χ4v) is 2.84. The number of methoxy groups -OCH3 is 1. The number of esters is 1. The van der Waals surface area contributed by atoms with E-state index < -0.39 is 8.87 Å². The minimum atomic E-state index is -2.89. The molecule has 0 N–H and O–H groups in total. The van der Waals surface area contributed by atoms with Gasteiger partial charge in [-0.15, -0.1) is 0 Å². The molecule has 0 fully saturated rings. The van der Waals surface area contributed by atoms with Crippen molar-refractivity contribution in [3.8, 4) is 0 Å². The van der Waals surface area contributed by atoms with E-state index in [1.165, 1.54) is 7.11 Å². The molecule has 0 radical (unpaired) electrons. The lowest BCUT2D eigenvalue weighted by Crippen LogP contribution is -2.00. The standard InChI is InChI=1S/C10H20O4S2/c1-14-10(11)8-6-4-3-5-7-9-16(12,13)15-2/h3-9H2,1-2H3. The van der Waals surface area contributed by atoms with Gasteiger partial charge >= 0.3 is 5.97 Å². The second-order valence-electron chi connectivity index (χ2n) is 3.52. The Labute approximate surface area is 101 Å². The van der Waals surface area contributed by atoms with Crippen LogP contribution in [0.4, 0.5) is 0 Å². The van der Waals surface area contributed by atoms with Crippen molar-refractivity contribution in [3.63, 3.8) is 0 Å². The highest BCUT2D eigenvalue weighted by molar-refractivity contribution is 8.71. The highest BCUT2D eigenvalue weighted by Gasteiger charge is 2.07. The molecule has 0 aromatic carbocycles. The third-order valence-electron chi connectivity index (χ3n) is 2.26. The normalized spacial score (nSPS) is 11.4. The van der Waals surface area contributed by atoms with Gasteiger partial charge in [-0.2, -0.15) is 0 Å². The van der Waals surface area contributed by atoms with E-state index in [0.717, 1.165) is 36.5 Å². The summed E-state index contributed by atoms with van der Waals surface area (Å²) in [7, 11) is -0.589. The minimum absolute atomic E-state index is 0.176. The molecule has 96 valence electrons. The molecule has 0 saturated heterocycles. The molecule has 0 bridgehead atoms. The molecule has 0 heterocycles. The Morgan fingerprint density at radius 3 is 2.25 bits per heavy atom. The van der Waals surface area contributed by atoms with E-state index in [-0.39, 0.29) is 11.7 Å². The highest BCUT2D eigenvalue weighted by atomic mass is 33.1. The Balaban J connectivity index is 3.32. The van der Waals surface area contributed by atoms with Crippen molar-refractivity contribution in [3.05, 3.63) is 0 Å². The summed E-state index contributed by atoms with van der Waals surface area (Å²) in [4.78, 5) is 10.8. The zero-order chi connectivity index (χ0) is 12.4. The number of rotatable bonds is 9. The van der Waals surface area contributed by atoms with E-state index in [4.69, 9.17) is 0 Å². The van der Waals surface area contributed by atoms with Gasteiger partial charge in [0.15, 0.2) is 0 Å². The summed E-state index contributed by atoms with van der Waals surface area (Å²) in [6.45, 7) is 0. The largest absolute Gasteiger partial charge is 0.469 e. The van der Waals surface area contributed by atoms with E-state index in [1.54, 1.807) is 6.26 Å². The maximum atomic E-state index is 11.1. The molecule has 6 heteroatoms. The van der Waals surface area contributed by atoms with E-state index in [9.17, 15) is 13.2 Å². The second-order valence-corrected chi connectivity index (χ2v) is 7.90. The predicted octanol–water partition coefficient (Wildman–Crippen LogP) is 2.19. The first-order chi connectivity index (χ1) is 7.52. The van der Waals surface area contributed by atoms with Crippen LogP contribution in [-0.4, -0.2) is 33.5 Å². The van der Waals surface area contributed by atoms with Crippen molar-refractivity contribution in [1.82, 2.24) is 0 Å². The molecule has 16 heavy (non-hydrogen) atoms. The fraction of sp³-hybridized carbons (Fsp3) is 0.900. The summed E-state index contributed by atoms with van der Waals surface area (Å²) in [6, 6.07) is 0. The van der Waals surface area contributed by atoms with E-state index in [0.29, 0.717) is 12.8 Å². The van der Waals surface area contributed by atoms with Crippen molar-refractivity contribution < 1.29 is 17.9 Å². The van der Waals surface area contributed by atoms with Crippen molar-refractivity contribution in [1.29, 1.82) is 0 Å². The van der Waals surface area contributed by atoms with Crippen LogP contribution < -0.4 is 0 Å². The topological polar surface area (TPSA) is 60.4 Å². The van der Waals surface area contributed by atoms with Gasteiger partial charge in [0.2, 0.25) is 8.87 Å². The minimum Gasteiger partial charge on any atom is -0.469 e. The van der Waals surface area contributed by atoms with Crippen LogP contribution in [0.1, 0.15) is 38.5 Å². The number of ether oxygens (including phenoxy) is 1. The maximum Gasteiger partial charge on any atom is 0.305 e. The third-order valence-corrected chi connectivity index (χ3v) is 5.58. The molecule has 0 spiro atoms. The van der Waals surface area contributed by atoms with Gasteiger partial charge in [-0.05, 0) is 29.9 Å². The number of hydrogen-bond donors (Lipinski definition) is 0. The lowest BCUT2D eigenvalue weighted by atomic mass is 10.1. The average Bonchev–Trinajstić information content (AvgIpc) is 2.27. The quantitative estimate of drug-likeness (QED) is 0.364. The molecule has 0 amide bonds. The summed E-state index contributed by atoms with van der Waals surface area (Å²) >= 11 is 0. The number of unbranched alkanes of at least 4 members (excludes halogenated alkanes) is 4. The van der Waals surface area contributed by atoms with E-state index in [2.05, 4.69) is 4.74 Å². The van der Waals surface area contributed by atoms with E-state index in [1.807, 2.05) is 0 Å². The van der Waals surface area contributed by atoms with Gasteiger partial charge in [0, 0.05) is 6.42 Å². The lowest BCUT2D eigenvalue weighted by molar-refractivity contribution is -0.140. The first-order valence-electron chi connectivity index (χ1n) is 5.37. The molecular formula is C10H20O4S2. The van der Waals surface area contributed by atoms with Crippen LogP contribution in [0.3, 0.4) is 0 Å². The van der Waals surface area contributed by atoms with Crippen molar-refractivity contribution in [2.45, 2.75) is 38.5 Å². The molecule has 0 unspecified atom stereocenters. The molecule has 0 aliphatic rings. The van der Waals surface area contributed by atoms with Crippen molar-refractivity contribution in [2.75, 3.05) is 19.1 Å². The third kappa shape index (κ3) is 9.03. The monoisotopic (exact) mass is 268 g/mol. The van der Waals surface area contributed by atoms with Gasteiger partial charge in [-0.1, -0.05) is 19.3 Å². The number of carbonyl (C=O) groups is 1. The smallest absolute Gasteiger partial charge is 0.305 e. The van der Waals surface area contributed by atoms with Gasteiger partial charge < -0.3 is 4.74 Å². The Bertz CT molecular complexity index is 285. The van der Waals surface area contributed by atoms with E-state index >= 15 is 0 Å². The van der Waals surface area contributed by atoms with Gasteiger partial charge in [0.25, 0.3) is 0 Å². The number of carbonyl (C=O) groups excluding carboxylic acids is 1.